The number of hydrogen-bond donors (Lipinski definition) is 0. The van der Waals surface area contributed by atoms with Gasteiger partial charge >= 0.3 is 0 Å². The summed E-state index contributed by atoms with van der Waals surface area (Å²) in [6.45, 7) is 1.50. The first-order valence-corrected chi connectivity index (χ1v) is 5.35. The molecule has 1 saturated carbocycles. The molecule has 2 atom stereocenters. The van der Waals surface area contributed by atoms with Gasteiger partial charge < -0.3 is 4.79 Å². The molecule has 0 N–H and O–H groups in total. The van der Waals surface area contributed by atoms with Crippen molar-refractivity contribution in [2.24, 2.45) is 11.8 Å². The second-order valence-corrected chi connectivity index (χ2v) is 4.14. The van der Waals surface area contributed by atoms with Crippen molar-refractivity contribution >= 4 is 6.29 Å². The van der Waals surface area contributed by atoms with Crippen LogP contribution in [0.1, 0.15) is 45.4 Å². The zero-order chi connectivity index (χ0) is 9.68. The molecule has 0 spiro atoms. The van der Waals surface area contributed by atoms with Crippen LogP contribution in [-0.2, 0) is 4.79 Å². The Morgan fingerprint density at radius 1 is 1.23 bits per heavy atom. The molecular weight excluding hydrogens is 167 g/mol. The minimum absolute atomic E-state index is 0.306. The molecule has 0 saturated heterocycles. The molecule has 0 radical (unpaired) electrons. The first kappa shape index (κ1) is 10.7. The maximum Gasteiger partial charge on any atom is 0.126 e. The van der Waals surface area contributed by atoms with Gasteiger partial charge in [-0.05, 0) is 25.7 Å². The van der Waals surface area contributed by atoms with E-state index in [0.29, 0.717) is 5.92 Å². The molecule has 0 aromatic heterocycles. The van der Waals surface area contributed by atoms with Crippen molar-refractivity contribution in [2.75, 3.05) is 0 Å². The summed E-state index contributed by atoms with van der Waals surface area (Å²) in [7, 11) is 0. The molecule has 1 nitrogen and oxygen atoms in total. The number of halogens is 1. The quantitative estimate of drug-likeness (QED) is 0.489. The highest BCUT2D eigenvalue weighted by Gasteiger charge is 2.26. The van der Waals surface area contributed by atoms with Crippen molar-refractivity contribution in [1.82, 2.24) is 0 Å². The summed E-state index contributed by atoms with van der Waals surface area (Å²) in [6.07, 6.45) is 6.77. The third-order valence-electron chi connectivity index (χ3n) is 3.13. The van der Waals surface area contributed by atoms with Crippen LogP contribution in [0, 0.1) is 11.8 Å². The Hall–Kier alpha value is -0.400. The fraction of sp³-hybridized carbons (Fsp3) is 0.909. The summed E-state index contributed by atoms with van der Waals surface area (Å²) < 4.78 is 13.1. The Morgan fingerprint density at radius 2 is 1.77 bits per heavy atom. The molecule has 0 amide bonds. The van der Waals surface area contributed by atoms with Crippen molar-refractivity contribution in [2.45, 2.75) is 51.6 Å². The summed E-state index contributed by atoms with van der Waals surface area (Å²) >= 11 is 0. The fourth-order valence-corrected chi connectivity index (χ4v) is 2.29. The monoisotopic (exact) mass is 186 g/mol. The first-order valence-electron chi connectivity index (χ1n) is 5.35. The summed E-state index contributed by atoms with van der Waals surface area (Å²) in [5.41, 5.74) is 0. The minimum Gasteiger partial charge on any atom is -0.303 e. The van der Waals surface area contributed by atoms with Gasteiger partial charge in [0.1, 0.15) is 12.5 Å². The Kier molecular flexibility index (Phi) is 4.40. The van der Waals surface area contributed by atoms with Crippen LogP contribution in [0.25, 0.3) is 0 Å². The normalized spacial score (nSPS) is 24.8. The van der Waals surface area contributed by atoms with Gasteiger partial charge in [0.2, 0.25) is 0 Å². The van der Waals surface area contributed by atoms with E-state index in [0.717, 1.165) is 19.1 Å². The summed E-state index contributed by atoms with van der Waals surface area (Å²) in [5.74, 6) is -0.0434. The lowest BCUT2D eigenvalue weighted by molar-refractivity contribution is -0.114. The minimum atomic E-state index is -0.972. The average molecular weight is 186 g/mol. The molecule has 13 heavy (non-hydrogen) atoms. The Labute approximate surface area is 79.7 Å². The van der Waals surface area contributed by atoms with E-state index in [1.807, 2.05) is 0 Å². The smallest absolute Gasteiger partial charge is 0.126 e. The molecule has 0 bridgehead atoms. The highest BCUT2D eigenvalue weighted by molar-refractivity contribution is 5.54. The second-order valence-electron chi connectivity index (χ2n) is 4.14. The lowest BCUT2D eigenvalue weighted by Gasteiger charge is -2.21. The molecule has 0 heterocycles. The van der Waals surface area contributed by atoms with Crippen LogP contribution in [0.4, 0.5) is 4.39 Å². The van der Waals surface area contributed by atoms with Gasteiger partial charge in [-0.25, -0.2) is 4.39 Å². The van der Waals surface area contributed by atoms with E-state index >= 15 is 0 Å². The Balaban J connectivity index is 2.50. The van der Waals surface area contributed by atoms with Gasteiger partial charge in [0.15, 0.2) is 0 Å². The molecule has 0 aromatic carbocycles. The fourth-order valence-electron chi connectivity index (χ4n) is 2.29. The van der Waals surface area contributed by atoms with Crippen molar-refractivity contribution in [3.63, 3.8) is 0 Å². The van der Waals surface area contributed by atoms with E-state index in [2.05, 4.69) is 0 Å². The van der Waals surface area contributed by atoms with Crippen LogP contribution >= 0.6 is 0 Å². The zero-order valence-electron chi connectivity index (χ0n) is 8.34. The molecule has 1 fully saturated rings. The van der Waals surface area contributed by atoms with E-state index < -0.39 is 6.17 Å². The van der Waals surface area contributed by atoms with Gasteiger partial charge in [-0.3, -0.25) is 0 Å². The van der Waals surface area contributed by atoms with Gasteiger partial charge in [-0.2, -0.15) is 0 Å². The highest BCUT2D eigenvalue weighted by Crippen LogP contribution is 2.30. The van der Waals surface area contributed by atoms with Crippen LogP contribution in [0.2, 0.25) is 0 Å². The van der Waals surface area contributed by atoms with E-state index in [1.54, 1.807) is 0 Å². The molecule has 0 aliphatic heterocycles. The number of hydrogen-bond acceptors (Lipinski definition) is 1. The third kappa shape index (κ3) is 3.09. The van der Waals surface area contributed by atoms with Gasteiger partial charge in [0, 0.05) is 5.92 Å². The van der Waals surface area contributed by atoms with E-state index in [1.165, 1.54) is 32.6 Å². The molecule has 1 aliphatic carbocycles. The Bertz CT molecular complexity index is 148. The van der Waals surface area contributed by atoms with E-state index in [4.69, 9.17) is 0 Å². The van der Waals surface area contributed by atoms with Crippen LogP contribution in [-0.4, -0.2) is 12.5 Å². The van der Waals surface area contributed by atoms with Gasteiger partial charge in [0.25, 0.3) is 0 Å². The van der Waals surface area contributed by atoms with E-state index in [-0.39, 0.29) is 5.92 Å². The second kappa shape index (κ2) is 5.36. The van der Waals surface area contributed by atoms with Gasteiger partial charge in [-0.15, -0.1) is 0 Å². The molecule has 2 heteroatoms. The predicted octanol–water partition coefficient (Wildman–Crippen LogP) is 3.13. The van der Waals surface area contributed by atoms with E-state index in [9.17, 15) is 9.18 Å². The van der Waals surface area contributed by atoms with Crippen molar-refractivity contribution in [3.8, 4) is 0 Å². The maximum atomic E-state index is 13.1. The van der Waals surface area contributed by atoms with Gasteiger partial charge in [-0.1, -0.05) is 25.7 Å². The first-order chi connectivity index (χ1) is 6.25. The number of alkyl halides is 1. The third-order valence-corrected chi connectivity index (χ3v) is 3.13. The molecule has 76 valence electrons. The largest absolute Gasteiger partial charge is 0.303 e. The number of rotatable bonds is 3. The van der Waals surface area contributed by atoms with Crippen molar-refractivity contribution < 1.29 is 9.18 Å². The van der Waals surface area contributed by atoms with Crippen LogP contribution in [0.5, 0.6) is 0 Å². The Morgan fingerprint density at radius 3 is 2.15 bits per heavy atom. The van der Waals surface area contributed by atoms with Crippen molar-refractivity contribution in [1.29, 1.82) is 0 Å². The van der Waals surface area contributed by atoms with Gasteiger partial charge in [0.05, 0.1) is 0 Å². The topological polar surface area (TPSA) is 17.1 Å². The molecule has 1 aliphatic rings. The van der Waals surface area contributed by atoms with Crippen LogP contribution < -0.4 is 0 Å². The number of aldehydes is 1. The number of carbonyl (C=O) groups is 1. The van der Waals surface area contributed by atoms with Crippen LogP contribution in [0.15, 0.2) is 0 Å². The lowest BCUT2D eigenvalue weighted by Crippen LogP contribution is -2.24. The average Bonchev–Trinajstić information content (AvgIpc) is 2.33. The molecule has 1 rings (SSSR count). The highest BCUT2D eigenvalue weighted by atomic mass is 19.1. The summed E-state index contributed by atoms with van der Waals surface area (Å²) in [5, 5.41) is 0. The van der Waals surface area contributed by atoms with Crippen LogP contribution in [0.3, 0.4) is 0 Å². The molecule has 0 aromatic rings. The molecule has 2 unspecified atom stereocenters. The maximum absolute atomic E-state index is 13.1. The summed E-state index contributed by atoms with van der Waals surface area (Å²) in [4.78, 5) is 10.7. The lowest BCUT2D eigenvalue weighted by atomic mass is 9.84. The standard InChI is InChI=1S/C11H19FO/c1-9(12)11(8-13)10-6-4-2-3-5-7-10/h8-11H,2-7H2,1H3. The zero-order valence-corrected chi connectivity index (χ0v) is 8.34. The predicted molar refractivity (Wildman–Crippen MR) is 51.3 cm³/mol. The molecular formula is C11H19FO. The SMILES string of the molecule is CC(F)C(C=O)C1CCCCCC1. The van der Waals surface area contributed by atoms with Crippen molar-refractivity contribution in [3.05, 3.63) is 0 Å². The number of carbonyl (C=O) groups excluding carboxylic acids is 1. The summed E-state index contributed by atoms with van der Waals surface area (Å²) in [6, 6.07) is 0.